The number of nitrogens with zero attached hydrogens (tertiary/aromatic N) is 4. The van der Waals surface area contributed by atoms with Crippen LogP contribution in [-0.2, 0) is 19.2 Å². The summed E-state index contributed by atoms with van der Waals surface area (Å²) in [5.41, 5.74) is 0.684. The molecule has 6 nitrogen and oxygen atoms in total. The first-order chi connectivity index (χ1) is 16.4. The van der Waals surface area contributed by atoms with Crippen molar-refractivity contribution in [2.24, 2.45) is 0 Å². The molecule has 0 aliphatic rings. The number of aromatic nitrogens is 4. The number of hydrogen-bond donors (Lipinski definition) is 0. The van der Waals surface area contributed by atoms with Crippen molar-refractivity contribution in [3.63, 3.8) is 0 Å². The lowest BCUT2D eigenvalue weighted by molar-refractivity contribution is -0.137. The molecule has 0 N–H and O–H groups in total. The predicted octanol–water partition coefficient (Wildman–Crippen LogP) is 5.60. The highest BCUT2D eigenvalue weighted by Gasteiger charge is 2.31. The van der Waals surface area contributed by atoms with Crippen LogP contribution in [0.4, 0.5) is 13.2 Å². The number of pyridine rings is 1. The Bertz CT molecular complexity index is 1220. The van der Waals surface area contributed by atoms with E-state index in [9.17, 15) is 13.2 Å². The van der Waals surface area contributed by atoms with Crippen LogP contribution in [0, 0.1) is 0 Å². The van der Waals surface area contributed by atoms with Crippen molar-refractivity contribution < 1.29 is 22.6 Å². The SMILES string of the molecule is COc1ccc(OCc2nnc(SCCc3ccncc3)n2-c2cccc(C(F)(F)F)c2)cc1. The summed E-state index contributed by atoms with van der Waals surface area (Å²) >= 11 is 1.41. The molecule has 0 radical (unpaired) electrons. The number of rotatable bonds is 9. The third-order valence-corrected chi connectivity index (χ3v) is 5.86. The van der Waals surface area contributed by atoms with Crippen LogP contribution < -0.4 is 9.47 Å². The van der Waals surface area contributed by atoms with E-state index in [1.165, 1.54) is 17.8 Å². The van der Waals surface area contributed by atoms with Gasteiger partial charge in [0.2, 0.25) is 0 Å². The second-order valence-corrected chi connectivity index (χ2v) is 8.26. The Labute approximate surface area is 198 Å². The minimum atomic E-state index is -4.46. The molecule has 4 rings (SSSR count). The van der Waals surface area contributed by atoms with Gasteiger partial charge in [0.15, 0.2) is 11.0 Å². The average molecular weight is 487 g/mol. The molecule has 4 aromatic rings. The van der Waals surface area contributed by atoms with Crippen LogP contribution in [0.25, 0.3) is 5.69 Å². The molecule has 0 aliphatic heterocycles. The maximum Gasteiger partial charge on any atom is 0.416 e. The number of alkyl halides is 3. The van der Waals surface area contributed by atoms with Crippen LogP contribution in [0.2, 0.25) is 0 Å². The van der Waals surface area contributed by atoms with E-state index in [0.29, 0.717) is 33.9 Å². The van der Waals surface area contributed by atoms with Crippen LogP contribution in [0.5, 0.6) is 11.5 Å². The fourth-order valence-corrected chi connectivity index (χ4v) is 4.16. The lowest BCUT2D eigenvalue weighted by atomic mass is 10.2. The van der Waals surface area contributed by atoms with Gasteiger partial charge in [-0.05, 0) is 66.6 Å². The van der Waals surface area contributed by atoms with Gasteiger partial charge in [0, 0.05) is 18.1 Å². The van der Waals surface area contributed by atoms with E-state index in [2.05, 4.69) is 15.2 Å². The number of halogens is 3. The molecule has 34 heavy (non-hydrogen) atoms. The summed E-state index contributed by atoms with van der Waals surface area (Å²) in [6.07, 6.45) is -0.266. The van der Waals surface area contributed by atoms with E-state index < -0.39 is 11.7 Å². The van der Waals surface area contributed by atoms with Gasteiger partial charge in [-0.2, -0.15) is 13.2 Å². The topological polar surface area (TPSA) is 62.1 Å². The number of methoxy groups -OCH3 is 1. The van der Waals surface area contributed by atoms with Crippen molar-refractivity contribution >= 4 is 11.8 Å². The van der Waals surface area contributed by atoms with E-state index in [-0.39, 0.29) is 6.61 Å². The Morgan fingerprint density at radius 1 is 0.941 bits per heavy atom. The van der Waals surface area contributed by atoms with Crippen molar-refractivity contribution in [2.75, 3.05) is 12.9 Å². The standard InChI is InChI=1S/C24H21F3N4O2S/c1-32-20-5-7-21(8-6-20)33-16-22-29-30-23(34-14-11-17-9-12-28-13-10-17)31(22)19-4-2-3-18(15-19)24(25,26)27/h2-10,12-13,15H,11,14,16H2,1H3. The van der Waals surface area contributed by atoms with Crippen molar-refractivity contribution in [3.8, 4) is 17.2 Å². The van der Waals surface area contributed by atoms with Gasteiger partial charge in [0.05, 0.1) is 18.4 Å². The Morgan fingerprint density at radius 2 is 1.68 bits per heavy atom. The summed E-state index contributed by atoms with van der Waals surface area (Å²) in [6, 6.07) is 16.0. The van der Waals surface area contributed by atoms with Gasteiger partial charge in [-0.3, -0.25) is 9.55 Å². The van der Waals surface area contributed by atoms with Gasteiger partial charge in [-0.1, -0.05) is 17.8 Å². The molecule has 2 aromatic heterocycles. The molecule has 2 aromatic carbocycles. The first kappa shape index (κ1) is 23.6. The number of hydrogen-bond acceptors (Lipinski definition) is 6. The molecule has 0 fully saturated rings. The molecule has 0 atom stereocenters. The zero-order valence-electron chi connectivity index (χ0n) is 18.2. The Hall–Kier alpha value is -3.53. The third-order valence-electron chi connectivity index (χ3n) is 4.93. The fraction of sp³-hybridized carbons (Fsp3) is 0.208. The molecule has 0 bridgehead atoms. The fourth-order valence-electron chi connectivity index (χ4n) is 3.20. The van der Waals surface area contributed by atoms with E-state index in [1.807, 2.05) is 12.1 Å². The summed E-state index contributed by atoms with van der Waals surface area (Å²) in [4.78, 5) is 4.01. The van der Waals surface area contributed by atoms with Crippen LogP contribution in [-0.4, -0.2) is 32.6 Å². The normalized spacial score (nSPS) is 11.4. The minimum Gasteiger partial charge on any atom is -0.497 e. The second kappa shape index (κ2) is 10.6. The van der Waals surface area contributed by atoms with Gasteiger partial charge in [0.25, 0.3) is 0 Å². The highest BCUT2D eigenvalue weighted by Crippen LogP contribution is 2.32. The van der Waals surface area contributed by atoms with Crippen molar-refractivity contribution in [3.05, 3.63) is 90.0 Å². The third kappa shape index (κ3) is 5.88. The lowest BCUT2D eigenvalue weighted by Gasteiger charge is -2.14. The van der Waals surface area contributed by atoms with Gasteiger partial charge >= 0.3 is 6.18 Å². The molecule has 0 amide bonds. The van der Waals surface area contributed by atoms with E-state index >= 15 is 0 Å². The zero-order valence-corrected chi connectivity index (χ0v) is 19.0. The molecule has 0 saturated carbocycles. The molecular formula is C24H21F3N4O2S. The molecule has 0 saturated heterocycles. The highest BCUT2D eigenvalue weighted by molar-refractivity contribution is 7.99. The Kier molecular flexibility index (Phi) is 7.36. The van der Waals surface area contributed by atoms with Crippen LogP contribution in [0.15, 0.2) is 78.2 Å². The average Bonchev–Trinajstić information content (AvgIpc) is 3.26. The number of aryl methyl sites for hydroxylation is 1. The molecule has 0 unspecified atom stereocenters. The van der Waals surface area contributed by atoms with E-state index in [1.54, 1.807) is 54.4 Å². The summed E-state index contributed by atoms with van der Waals surface area (Å²) in [6.45, 7) is 0.0283. The van der Waals surface area contributed by atoms with Crippen molar-refractivity contribution in [1.29, 1.82) is 0 Å². The molecule has 0 aliphatic carbocycles. The summed E-state index contributed by atoms with van der Waals surface area (Å²) < 4.78 is 52.6. The lowest BCUT2D eigenvalue weighted by Crippen LogP contribution is -2.10. The van der Waals surface area contributed by atoms with Gasteiger partial charge in [-0.25, -0.2) is 0 Å². The maximum atomic E-state index is 13.3. The quantitative estimate of drug-likeness (QED) is 0.287. The largest absolute Gasteiger partial charge is 0.497 e. The van der Waals surface area contributed by atoms with Crippen LogP contribution >= 0.6 is 11.8 Å². The number of ether oxygens (including phenoxy) is 2. The summed E-state index contributed by atoms with van der Waals surface area (Å²) in [7, 11) is 1.57. The van der Waals surface area contributed by atoms with Crippen molar-refractivity contribution in [2.45, 2.75) is 24.4 Å². The number of benzene rings is 2. The first-order valence-corrected chi connectivity index (χ1v) is 11.3. The smallest absolute Gasteiger partial charge is 0.416 e. The predicted molar refractivity (Wildman–Crippen MR) is 122 cm³/mol. The van der Waals surface area contributed by atoms with Crippen LogP contribution in [0.3, 0.4) is 0 Å². The monoisotopic (exact) mass is 486 g/mol. The number of thioether (sulfide) groups is 1. The minimum absolute atomic E-state index is 0.0283. The van der Waals surface area contributed by atoms with Gasteiger partial charge in [-0.15, -0.1) is 10.2 Å². The first-order valence-electron chi connectivity index (χ1n) is 10.3. The van der Waals surface area contributed by atoms with Crippen LogP contribution in [0.1, 0.15) is 17.0 Å². The van der Waals surface area contributed by atoms with E-state index in [4.69, 9.17) is 9.47 Å². The summed E-state index contributed by atoms with van der Waals surface area (Å²) in [5.74, 6) is 2.32. The maximum absolute atomic E-state index is 13.3. The molecule has 2 heterocycles. The second-order valence-electron chi connectivity index (χ2n) is 7.20. The van der Waals surface area contributed by atoms with Gasteiger partial charge in [0.1, 0.15) is 18.1 Å². The highest BCUT2D eigenvalue weighted by atomic mass is 32.2. The Morgan fingerprint density at radius 3 is 2.38 bits per heavy atom. The summed E-state index contributed by atoms with van der Waals surface area (Å²) in [5, 5.41) is 8.94. The zero-order chi connectivity index (χ0) is 24.0. The molecular weight excluding hydrogens is 465 g/mol. The van der Waals surface area contributed by atoms with Gasteiger partial charge < -0.3 is 9.47 Å². The Balaban J connectivity index is 1.58. The molecule has 10 heteroatoms. The molecule has 0 spiro atoms. The van der Waals surface area contributed by atoms with E-state index in [0.717, 1.165) is 24.1 Å². The molecule has 176 valence electrons. The van der Waals surface area contributed by atoms with Crippen molar-refractivity contribution in [1.82, 2.24) is 19.7 Å².